The fourth-order valence-corrected chi connectivity index (χ4v) is 3.85. The Kier molecular flexibility index (Phi) is 4.70. The Morgan fingerprint density at radius 1 is 1.27 bits per heavy atom. The van der Waals surface area contributed by atoms with Gasteiger partial charge in [0.05, 0.1) is 9.82 Å². The average Bonchev–Trinajstić information content (AvgIpc) is 2.59. The number of nitro benzene ring substituents is 1. The number of aliphatic hydroxyl groups is 1. The monoisotopic (exact) mass is 377 g/mol. The zero-order valence-electron chi connectivity index (χ0n) is 13.9. The summed E-state index contributed by atoms with van der Waals surface area (Å²) in [6.07, 6.45) is 2.21. The SMILES string of the molecule is NS(=O)(=O)c1ccc(NCC2(O)CCCc3ccccc32)c([N+](=O)[O-])c1. The minimum absolute atomic E-state index is 0.0690. The summed E-state index contributed by atoms with van der Waals surface area (Å²) in [4.78, 5) is 10.3. The van der Waals surface area contributed by atoms with Crippen molar-refractivity contribution in [1.82, 2.24) is 0 Å². The van der Waals surface area contributed by atoms with E-state index < -0.39 is 26.2 Å². The predicted octanol–water partition coefficient (Wildman–Crippen LogP) is 1.88. The molecule has 0 fully saturated rings. The molecule has 138 valence electrons. The number of nitrogens with zero attached hydrogens (tertiary/aromatic N) is 1. The van der Waals surface area contributed by atoms with Gasteiger partial charge < -0.3 is 10.4 Å². The molecule has 1 atom stereocenters. The molecule has 3 rings (SSSR count). The van der Waals surface area contributed by atoms with Crippen molar-refractivity contribution < 1.29 is 18.4 Å². The number of rotatable bonds is 5. The zero-order valence-corrected chi connectivity index (χ0v) is 14.7. The third kappa shape index (κ3) is 3.55. The fourth-order valence-electron chi connectivity index (χ4n) is 3.31. The van der Waals surface area contributed by atoms with Gasteiger partial charge in [-0.1, -0.05) is 24.3 Å². The van der Waals surface area contributed by atoms with Gasteiger partial charge in [0.15, 0.2) is 0 Å². The second-order valence-corrected chi connectivity index (χ2v) is 7.94. The molecule has 4 N–H and O–H groups in total. The third-order valence-electron chi connectivity index (χ3n) is 4.62. The Morgan fingerprint density at radius 2 is 2.00 bits per heavy atom. The summed E-state index contributed by atoms with van der Waals surface area (Å²) in [5.41, 5.74) is 0.425. The Labute approximate surface area is 150 Å². The number of hydrogen-bond donors (Lipinski definition) is 3. The maximum absolute atomic E-state index is 11.4. The fraction of sp³-hybridized carbons (Fsp3) is 0.294. The molecule has 0 heterocycles. The quantitative estimate of drug-likeness (QED) is 0.538. The van der Waals surface area contributed by atoms with Crippen molar-refractivity contribution in [2.24, 2.45) is 5.14 Å². The molecule has 0 aliphatic heterocycles. The molecule has 0 spiro atoms. The number of nitro groups is 1. The number of anilines is 1. The van der Waals surface area contributed by atoms with Gasteiger partial charge in [-0.15, -0.1) is 0 Å². The second-order valence-electron chi connectivity index (χ2n) is 6.38. The van der Waals surface area contributed by atoms with E-state index >= 15 is 0 Å². The van der Waals surface area contributed by atoms with Crippen LogP contribution in [0, 0.1) is 10.1 Å². The van der Waals surface area contributed by atoms with Crippen molar-refractivity contribution in [2.75, 3.05) is 11.9 Å². The molecule has 1 unspecified atom stereocenters. The summed E-state index contributed by atoms with van der Waals surface area (Å²) >= 11 is 0. The predicted molar refractivity (Wildman–Crippen MR) is 96.2 cm³/mol. The summed E-state index contributed by atoms with van der Waals surface area (Å²) in [6.45, 7) is 0.0690. The normalized spacial score (nSPS) is 19.6. The first kappa shape index (κ1) is 18.3. The van der Waals surface area contributed by atoms with Gasteiger partial charge in [-0.3, -0.25) is 10.1 Å². The maximum atomic E-state index is 11.4. The van der Waals surface area contributed by atoms with Gasteiger partial charge in [0.2, 0.25) is 10.0 Å². The molecule has 0 aromatic heterocycles. The largest absolute Gasteiger partial charge is 0.383 e. The van der Waals surface area contributed by atoms with Crippen LogP contribution in [0.1, 0.15) is 24.0 Å². The van der Waals surface area contributed by atoms with Gasteiger partial charge in [-0.25, -0.2) is 13.6 Å². The minimum atomic E-state index is -4.04. The number of sulfonamides is 1. The van der Waals surface area contributed by atoms with Crippen LogP contribution in [0.25, 0.3) is 0 Å². The minimum Gasteiger partial charge on any atom is -0.383 e. The average molecular weight is 377 g/mol. The first-order valence-electron chi connectivity index (χ1n) is 8.07. The molecule has 0 saturated carbocycles. The smallest absolute Gasteiger partial charge is 0.293 e. The topological polar surface area (TPSA) is 136 Å². The number of fused-ring (bicyclic) bond motifs is 1. The molecule has 26 heavy (non-hydrogen) atoms. The lowest BCUT2D eigenvalue weighted by Crippen LogP contribution is -2.37. The molecule has 9 heteroatoms. The van der Waals surface area contributed by atoms with E-state index in [0.717, 1.165) is 30.0 Å². The van der Waals surface area contributed by atoms with E-state index in [0.29, 0.717) is 6.42 Å². The lowest BCUT2D eigenvalue weighted by atomic mass is 9.79. The van der Waals surface area contributed by atoms with E-state index in [1.165, 1.54) is 12.1 Å². The van der Waals surface area contributed by atoms with Crippen LogP contribution in [0.2, 0.25) is 0 Å². The molecule has 0 amide bonds. The highest BCUT2D eigenvalue weighted by atomic mass is 32.2. The Balaban J connectivity index is 1.90. The number of hydrogen-bond acceptors (Lipinski definition) is 6. The lowest BCUT2D eigenvalue weighted by molar-refractivity contribution is -0.384. The van der Waals surface area contributed by atoms with Crippen LogP contribution in [0.15, 0.2) is 47.4 Å². The number of nitrogens with one attached hydrogen (secondary N) is 1. The van der Waals surface area contributed by atoms with Crippen LogP contribution in [-0.4, -0.2) is 25.0 Å². The molecule has 0 bridgehead atoms. The highest BCUT2D eigenvalue weighted by Crippen LogP contribution is 2.36. The van der Waals surface area contributed by atoms with Crippen molar-refractivity contribution in [3.05, 3.63) is 63.7 Å². The van der Waals surface area contributed by atoms with E-state index in [-0.39, 0.29) is 17.1 Å². The molecular weight excluding hydrogens is 358 g/mol. The van der Waals surface area contributed by atoms with Crippen LogP contribution in [0.4, 0.5) is 11.4 Å². The molecule has 0 saturated heterocycles. The summed E-state index contributed by atoms with van der Waals surface area (Å²) < 4.78 is 22.8. The third-order valence-corrected chi connectivity index (χ3v) is 5.53. The summed E-state index contributed by atoms with van der Waals surface area (Å²) in [5, 5.41) is 30.3. The molecule has 1 aliphatic carbocycles. The van der Waals surface area contributed by atoms with E-state index in [4.69, 9.17) is 5.14 Å². The Hall–Kier alpha value is -2.49. The number of aryl methyl sites for hydroxylation is 1. The van der Waals surface area contributed by atoms with Crippen LogP contribution in [0.3, 0.4) is 0 Å². The van der Waals surface area contributed by atoms with Gasteiger partial charge in [-0.05, 0) is 42.5 Å². The molecule has 1 aliphatic rings. The second kappa shape index (κ2) is 6.67. The van der Waals surface area contributed by atoms with E-state index in [1.54, 1.807) is 0 Å². The number of nitrogens with two attached hydrogens (primary N) is 1. The van der Waals surface area contributed by atoms with Crippen LogP contribution < -0.4 is 10.5 Å². The Morgan fingerprint density at radius 3 is 2.69 bits per heavy atom. The summed E-state index contributed by atoms with van der Waals surface area (Å²) in [7, 11) is -4.04. The van der Waals surface area contributed by atoms with Gasteiger partial charge in [0, 0.05) is 12.6 Å². The van der Waals surface area contributed by atoms with Gasteiger partial charge >= 0.3 is 0 Å². The highest BCUT2D eigenvalue weighted by Gasteiger charge is 2.34. The van der Waals surface area contributed by atoms with Crippen LogP contribution in [-0.2, 0) is 22.0 Å². The van der Waals surface area contributed by atoms with Crippen molar-refractivity contribution in [3.8, 4) is 0 Å². The van der Waals surface area contributed by atoms with Gasteiger partial charge in [-0.2, -0.15) is 0 Å². The lowest BCUT2D eigenvalue weighted by Gasteiger charge is -2.35. The summed E-state index contributed by atoms with van der Waals surface area (Å²) in [5.74, 6) is 0. The van der Waals surface area contributed by atoms with Crippen molar-refractivity contribution in [2.45, 2.75) is 29.8 Å². The number of benzene rings is 2. The molecule has 8 nitrogen and oxygen atoms in total. The first-order chi connectivity index (χ1) is 12.2. The summed E-state index contributed by atoms with van der Waals surface area (Å²) in [6, 6.07) is 11.0. The molecular formula is C17H19N3O5S. The van der Waals surface area contributed by atoms with Gasteiger partial charge in [0.1, 0.15) is 11.3 Å². The van der Waals surface area contributed by atoms with Crippen LogP contribution in [0.5, 0.6) is 0 Å². The van der Waals surface area contributed by atoms with E-state index in [1.807, 2.05) is 24.3 Å². The van der Waals surface area contributed by atoms with E-state index in [9.17, 15) is 23.6 Å². The van der Waals surface area contributed by atoms with E-state index in [2.05, 4.69) is 5.32 Å². The van der Waals surface area contributed by atoms with Crippen molar-refractivity contribution >= 4 is 21.4 Å². The highest BCUT2D eigenvalue weighted by molar-refractivity contribution is 7.89. The molecule has 0 radical (unpaired) electrons. The van der Waals surface area contributed by atoms with Crippen LogP contribution >= 0.6 is 0 Å². The molecule has 2 aromatic rings. The maximum Gasteiger partial charge on any atom is 0.293 e. The zero-order chi connectivity index (χ0) is 18.9. The number of primary sulfonamides is 1. The van der Waals surface area contributed by atoms with Crippen molar-refractivity contribution in [3.63, 3.8) is 0 Å². The Bertz CT molecular complexity index is 961. The molecule has 2 aromatic carbocycles. The standard InChI is InChI=1S/C17H19N3O5S/c18-26(24,25)13-7-8-15(16(10-13)20(22)23)19-11-17(21)9-3-5-12-4-1-2-6-14(12)17/h1-2,4,6-8,10,19,21H,3,5,9,11H2,(H2,18,24,25). The van der Waals surface area contributed by atoms with Gasteiger partial charge in [0.25, 0.3) is 5.69 Å². The van der Waals surface area contributed by atoms with Crippen molar-refractivity contribution in [1.29, 1.82) is 0 Å². The first-order valence-corrected chi connectivity index (χ1v) is 9.61.